The van der Waals surface area contributed by atoms with Crippen molar-refractivity contribution in [2.75, 3.05) is 144 Å². The lowest BCUT2D eigenvalue weighted by Crippen LogP contribution is -2.71. The first-order chi connectivity index (χ1) is 35.5. The fourth-order valence-electron chi connectivity index (χ4n) is 8.92. The average molecular weight is 1110 g/mol. The third-order valence-electron chi connectivity index (χ3n) is 12.0. The zero-order valence-corrected chi connectivity index (χ0v) is 51.9. The number of hydrogen-bond donors (Lipinski definition) is 1. The molecule has 22 nitrogen and oxygen atoms in total. The van der Waals surface area contributed by atoms with Gasteiger partial charge in [0.2, 0.25) is 5.91 Å². The van der Waals surface area contributed by atoms with E-state index in [0.29, 0.717) is 105 Å². The van der Waals surface area contributed by atoms with Crippen LogP contribution in [0.4, 0.5) is 0 Å². The van der Waals surface area contributed by atoms with Crippen LogP contribution in [0.2, 0.25) is 0 Å². The molecule has 0 aromatic heterocycles. The van der Waals surface area contributed by atoms with Gasteiger partial charge in [-0.1, -0.05) is 0 Å². The van der Waals surface area contributed by atoms with Gasteiger partial charge in [-0.25, -0.2) is 0 Å². The highest BCUT2D eigenvalue weighted by Gasteiger charge is 2.41. The molecule has 2 aliphatic heterocycles. The highest BCUT2D eigenvalue weighted by atomic mass is 16.6. The summed E-state index contributed by atoms with van der Waals surface area (Å²) in [6.07, 6.45) is 0. The summed E-state index contributed by atoms with van der Waals surface area (Å²) in [5.74, 6) is -4.07. The van der Waals surface area contributed by atoms with E-state index in [0.717, 1.165) is 0 Å². The predicted octanol–water partition coefficient (Wildman–Crippen LogP) is 3.29. The summed E-state index contributed by atoms with van der Waals surface area (Å²) in [6.45, 7) is 41.1. The maximum atomic E-state index is 13.8. The fraction of sp³-hybridized carbons (Fsp3) is 0.875. The smallest absolute Gasteiger partial charge is 0.320 e. The maximum absolute atomic E-state index is 13.8. The summed E-state index contributed by atoms with van der Waals surface area (Å²) in [7, 11) is 0. The largest absolute Gasteiger partial charge is 0.459 e. The molecule has 0 aliphatic carbocycles. The van der Waals surface area contributed by atoms with E-state index in [2.05, 4.69) is 15.1 Å². The predicted molar refractivity (Wildman–Crippen MR) is 299 cm³/mol. The van der Waals surface area contributed by atoms with Gasteiger partial charge in [-0.3, -0.25) is 72.8 Å². The summed E-state index contributed by atoms with van der Waals surface area (Å²) in [5.41, 5.74) is -4.39. The maximum Gasteiger partial charge on any atom is 0.320 e. The van der Waals surface area contributed by atoms with E-state index in [1.54, 1.807) is 0 Å². The van der Waals surface area contributed by atoms with Crippen LogP contribution in [0.3, 0.4) is 0 Å². The monoisotopic (exact) mass is 1110 g/mol. The number of hydrogen-bond acceptors (Lipinski definition) is 21. The van der Waals surface area contributed by atoms with Crippen molar-refractivity contribution in [1.29, 1.82) is 0 Å². The molecule has 0 aromatic carbocycles. The second-order valence-corrected chi connectivity index (χ2v) is 26.9. The van der Waals surface area contributed by atoms with E-state index in [-0.39, 0.29) is 45.2 Å². The number of carbonyl (C=O) groups excluding carboxylic acids is 7. The molecule has 78 heavy (non-hydrogen) atoms. The van der Waals surface area contributed by atoms with Crippen LogP contribution >= 0.6 is 0 Å². The van der Waals surface area contributed by atoms with Crippen LogP contribution in [-0.2, 0) is 62.0 Å². The molecule has 1 N–H and O–H groups in total. The highest BCUT2D eigenvalue weighted by Crippen LogP contribution is 2.22. The quantitative estimate of drug-likeness (QED) is 0.184. The van der Waals surface area contributed by atoms with E-state index in [4.69, 9.17) is 28.4 Å². The first-order valence-corrected chi connectivity index (χ1v) is 27.9. The minimum atomic E-state index is -1.27. The van der Waals surface area contributed by atoms with Crippen molar-refractivity contribution in [2.24, 2.45) is 0 Å². The van der Waals surface area contributed by atoms with Gasteiger partial charge in [0, 0.05) is 112 Å². The van der Waals surface area contributed by atoms with Crippen molar-refractivity contribution < 1.29 is 62.0 Å². The molecule has 2 fully saturated rings. The first-order valence-electron chi connectivity index (χ1n) is 27.9. The van der Waals surface area contributed by atoms with Crippen LogP contribution < -0.4 is 5.32 Å². The third-order valence-corrected chi connectivity index (χ3v) is 12.0. The summed E-state index contributed by atoms with van der Waals surface area (Å²) >= 11 is 0. The third kappa shape index (κ3) is 31.7. The Morgan fingerprint density at radius 3 is 0.551 bits per heavy atom. The molecular weight excluding hydrogens is 1010 g/mol. The van der Waals surface area contributed by atoms with E-state index >= 15 is 0 Å². The van der Waals surface area contributed by atoms with E-state index in [9.17, 15) is 33.6 Å². The molecule has 2 heterocycles. The Labute approximate surface area is 468 Å². The van der Waals surface area contributed by atoms with Crippen molar-refractivity contribution in [1.82, 2.24) is 44.5 Å². The summed E-state index contributed by atoms with van der Waals surface area (Å²) in [5, 5.41) is 3.31. The lowest BCUT2D eigenvalue weighted by molar-refractivity contribution is -0.159. The molecule has 0 bridgehead atoms. The summed E-state index contributed by atoms with van der Waals surface area (Å²) < 4.78 is 34.8. The van der Waals surface area contributed by atoms with Crippen molar-refractivity contribution in [3.8, 4) is 0 Å². The van der Waals surface area contributed by atoms with Gasteiger partial charge in [0.25, 0.3) is 0 Å². The van der Waals surface area contributed by atoms with Crippen molar-refractivity contribution in [3.63, 3.8) is 0 Å². The molecule has 2 aliphatic rings. The van der Waals surface area contributed by atoms with Crippen LogP contribution in [0.5, 0.6) is 0 Å². The number of ether oxygens (including phenoxy) is 6. The van der Waals surface area contributed by atoms with Crippen molar-refractivity contribution in [3.05, 3.63) is 0 Å². The standard InChI is InChI=1S/C56H105N9O13/c1-43(66)57-56(20,64-33-29-60(39-46(69)75-52(8,9)10)25-21-58(37-44(67)73-50(2,3)4)22-26-61(30-34-64)40-47(70)76-53(11,12)13)65-35-31-62(41-48(71)77-54(14,15)16)27-23-59(38-45(68)74-51(5,6)7)24-28-63(32-36-65)42-49(72)78-55(17,18)19/h21-42H2,1-20H3,(H,57,66). The van der Waals surface area contributed by atoms with Gasteiger partial charge in [-0.15, -0.1) is 0 Å². The van der Waals surface area contributed by atoms with Crippen molar-refractivity contribution in [2.45, 2.75) is 178 Å². The minimum Gasteiger partial charge on any atom is -0.459 e. The minimum absolute atomic E-state index is 0.0167. The molecule has 2 rings (SSSR count). The van der Waals surface area contributed by atoms with Gasteiger partial charge in [0.1, 0.15) is 39.4 Å². The van der Waals surface area contributed by atoms with E-state index in [1.807, 2.05) is 161 Å². The molecule has 1 amide bonds. The Balaban J connectivity index is 2.87. The van der Waals surface area contributed by atoms with Crippen LogP contribution in [0.25, 0.3) is 0 Å². The van der Waals surface area contributed by atoms with Gasteiger partial charge in [-0.05, 0) is 132 Å². The lowest BCUT2D eigenvalue weighted by Gasteiger charge is -2.51. The Kier molecular flexibility index (Phi) is 27.1. The molecule has 0 spiro atoms. The number of amides is 1. The lowest BCUT2D eigenvalue weighted by atomic mass is 10.2. The Bertz CT molecular complexity index is 1730. The molecule has 0 saturated carbocycles. The molecule has 0 atom stereocenters. The molecule has 2 saturated heterocycles. The van der Waals surface area contributed by atoms with Gasteiger partial charge in [0.15, 0.2) is 0 Å². The van der Waals surface area contributed by atoms with Gasteiger partial charge < -0.3 is 33.7 Å². The zero-order valence-electron chi connectivity index (χ0n) is 51.9. The summed E-state index contributed by atoms with van der Waals surface area (Å²) in [6, 6.07) is 0. The highest BCUT2D eigenvalue weighted by molar-refractivity contribution is 5.75. The normalized spacial score (nSPS) is 19.0. The number of esters is 6. The Morgan fingerprint density at radius 1 is 0.282 bits per heavy atom. The number of nitrogens with zero attached hydrogens (tertiary/aromatic N) is 8. The van der Waals surface area contributed by atoms with Crippen LogP contribution in [0.15, 0.2) is 0 Å². The average Bonchev–Trinajstić information content (AvgIpc) is 3.19. The topological polar surface area (TPSA) is 213 Å². The van der Waals surface area contributed by atoms with Crippen LogP contribution in [0.1, 0.15) is 138 Å². The summed E-state index contributed by atoms with van der Waals surface area (Å²) in [4.78, 5) is 111. The number of nitrogens with one attached hydrogen (secondary N) is 1. The van der Waals surface area contributed by atoms with E-state index < -0.39 is 75.2 Å². The molecular formula is C56H105N9O13. The fourth-order valence-corrected chi connectivity index (χ4v) is 8.92. The van der Waals surface area contributed by atoms with Gasteiger partial charge in [0.05, 0.1) is 39.3 Å². The van der Waals surface area contributed by atoms with Crippen LogP contribution in [-0.4, -0.2) is 264 Å². The molecule has 0 unspecified atom stereocenters. The molecule has 452 valence electrons. The Morgan fingerprint density at radius 2 is 0.423 bits per heavy atom. The van der Waals surface area contributed by atoms with E-state index in [1.165, 1.54) is 6.92 Å². The first kappa shape index (κ1) is 70.1. The van der Waals surface area contributed by atoms with Crippen molar-refractivity contribution >= 4 is 41.7 Å². The SMILES string of the molecule is CC(=O)NC(C)(N1CCN(CC(=O)OC(C)(C)C)CCN(CC(=O)OC(C)(C)C)CCN(CC(=O)OC(C)(C)C)CC1)N1CCN(CC(=O)OC(C)(C)C)CCN(CC(=O)OC(C)(C)C)CCN(CC(=O)OC(C)(C)C)CC1. The van der Waals surface area contributed by atoms with Crippen LogP contribution in [0, 0.1) is 0 Å². The molecule has 22 heteroatoms. The van der Waals surface area contributed by atoms with Gasteiger partial charge in [-0.2, -0.15) is 0 Å². The zero-order chi connectivity index (χ0) is 59.7. The van der Waals surface area contributed by atoms with Gasteiger partial charge >= 0.3 is 35.8 Å². The number of rotatable bonds is 15. The Hall–Kier alpha value is -4.03. The second-order valence-electron chi connectivity index (χ2n) is 26.9. The molecule has 0 radical (unpaired) electrons. The number of carbonyl (C=O) groups is 7. The second kappa shape index (κ2) is 30.1. The molecule has 0 aromatic rings.